The number of aromatic nitrogens is 1. The first-order chi connectivity index (χ1) is 13.9. The SMILES string of the molecule is COc1ccc(NC(=O)c2noc(C)c2COc2cccc(C)c2)c([N+](=O)[O-])c1. The van der Waals surface area contributed by atoms with Crippen LogP contribution in [-0.2, 0) is 6.61 Å². The second-order valence-corrected chi connectivity index (χ2v) is 6.27. The summed E-state index contributed by atoms with van der Waals surface area (Å²) in [6.45, 7) is 3.67. The van der Waals surface area contributed by atoms with Crippen molar-refractivity contribution in [1.29, 1.82) is 0 Å². The van der Waals surface area contributed by atoms with Crippen molar-refractivity contribution < 1.29 is 23.7 Å². The average Bonchev–Trinajstić information content (AvgIpc) is 3.07. The van der Waals surface area contributed by atoms with E-state index >= 15 is 0 Å². The minimum atomic E-state index is -0.641. The summed E-state index contributed by atoms with van der Waals surface area (Å²) in [5.41, 5.74) is 1.22. The number of anilines is 1. The molecule has 0 aliphatic rings. The molecule has 150 valence electrons. The predicted molar refractivity (Wildman–Crippen MR) is 104 cm³/mol. The zero-order valence-electron chi connectivity index (χ0n) is 16.1. The lowest BCUT2D eigenvalue weighted by molar-refractivity contribution is -0.384. The Labute approximate surface area is 166 Å². The molecule has 1 heterocycles. The number of methoxy groups -OCH3 is 1. The Bertz CT molecular complexity index is 1060. The molecule has 29 heavy (non-hydrogen) atoms. The highest BCUT2D eigenvalue weighted by Crippen LogP contribution is 2.29. The van der Waals surface area contributed by atoms with Crippen LogP contribution in [0.1, 0.15) is 27.4 Å². The summed E-state index contributed by atoms with van der Waals surface area (Å²) in [6, 6.07) is 11.6. The number of carbonyl (C=O) groups is 1. The number of ether oxygens (including phenoxy) is 2. The van der Waals surface area contributed by atoms with Crippen molar-refractivity contribution in [2.75, 3.05) is 12.4 Å². The molecule has 0 spiro atoms. The van der Waals surface area contributed by atoms with Gasteiger partial charge in [-0.15, -0.1) is 0 Å². The summed E-state index contributed by atoms with van der Waals surface area (Å²) in [7, 11) is 1.40. The highest BCUT2D eigenvalue weighted by Gasteiger charge is 2.24. The molecule has 0 saturated heterocycles. The van der Waals surface area contributed by atoms with Crippen LogP contribution in [0.25, 0.3) is 0 Å². The number of carbonyl (C=O) groups excluding carboxylic acids is 1. The molecule has 1 aromatic heterocycles. The molecule has 0 saturated carbocycles. The van der Waals surface area contributed by atoms with E-state index in [0.29, 0.717) is 22.8 Å². The van der Waals surface area contributed by atoms with Crippen molar-refractivity contribution in [2.24, 2.45) is 0 Å². The van der Waals surface area contributed by atoms with E-state index < -0.39 is 10.8 Å². The monoisotopic (exact) mass is 397 g/mol. The summed E-state index contributed by atoms with van der Waals surface area (Å²) >= 11 is 0. The maximum Gasteiger partial charge on any atom is 0.296 e. The molecule has 2 aromatic carbocycles. The first kappa shape index (κ1) is 19.9. The molecule has 0 aliphatic carbocycles. The van der Waals surface area contributed by atoms with Crippen molar-refractivity contribution in [2.45, 2.75) is 20.5 Å². The van der Waals surface area contributed by atoms with Gasteiger partial charge in [-0.05, 0) is 43.7 Å². The van der Waals surface area contributed by atoms with Gasteiger partial charge in [0.1, 0.15) is 29.6 Å². The quantitative estimate of drug-likeness (QED) is 0.472. The van der Waals surface area contributed by atoms with Gasteiger partial charge in [0.25, 0.3) is 11.6 Å². The third kappa shape index (κ3) is 4.52. The molecule has 0 radical (unpaired) electrons. The molecule has 0 fully saturated rings. The van der Waals surface area contributed by atoms with E-state index in [4.69, 9.17) is 14.0 Å². The number of rotatable bonds is 7. The number of benzene rings is 2. The summed E-state index contributed by atoms with van der Waals surface area (Å²) in [4.78, 5) is 23.4. The van der Waals surface area contributed by atoms with Crippen LogP contribution in [0.3, 0.4) is 0 Å². The van der Waals surface area contributed by atoms with Gasteiger partial charge in [-0.3, -0.25) is 14.9 Å². The minimum Gasteiger partial charge on any atom is -0.496 e. The normalized spacial score (nSPS) is 10.4. The average molecular weight is 397 g/mol. The van der Waals surface area contributed by atoms with Gasteiger partial charge in [0.15, 0.2) is 5.69 Å². The van der Waals surface area contributed by atoms with E-state index in [-0.39, 0.29) is 23.7 Å². The van der Waals surface area contributed by atoms with Crippen molar-refractivity contribution in [3.63, 3.8) is 0 Å². The van der Waals surface area contributed by atoms with Crippen LogP contribution < -0.4 is 14.8 Å². The van der Waals surface area contributed by atoms with Gasteiger partial charge in [-0.25, -0.2) is 0 Å². The van der Waals surface area contributed by atoms with Crippen LogP contribution in [0.15, 0.2) is 47.0 Å². The molecule has 9 heteroatoms. The first-order valence-electron chi connectivity index (χ1n) is 8.67. The molecule has 0 bridgehead atoms. The van der Waals surface area contributed by atoms with Gasteiger partial charge in [-0.2, -0.15) is 0 Å². The van der Waals surface area contributed by atoms with Gasteiger partial charge < -0.3 is 19.3 Å². The van der Waals surface area contributed by atoms with Gasteiger partial charge in [0, 0.05) is 0 Å². The molecule has 9 nitrogen and oxygen atoms in total. The Morgan fingerprint density at radius 1 is 1.21 bits per heavy atom. The number of aryl methyl sites for hydroxylation is 2. The highest BCUT2D eigenvalue weighted by molar-refractivity contribution is 6.05. The number of nitrogens with one attached hydrogen (secondary N) is 1. The molecule has 1 N–H and O–H groups in total. The Balaban J connectivity index is 1.81. The summed E-state index contributed by atoms with van der Waals surface area (Å²) in [5, 5.41) is 17.6. The van der Waals surface area contributed by atoms with Gasteiger partial charge in [0.05, 0.1) is 23.7 Å². The Morgan fingerprint density at radius 2 is 2.00 bits per heavy atom. The van der Waals surface area contributed by atoms with Crippen LogP contribution in [0, 0.1) is 24.0 Å². The van der Waals surface area contributed by atoms with E-state index in [1.165, 1.54) is 25.3 Å². The number of nitro groups is 1. The van der Waals surface area contributed by atoms with Crippen molar-refractivity contribution in [3.8, 4) is 11.5 Å². The van der Waals surface area contributed by atoms with E-state index in [1.54, 1.807) is 13.0 Å². The fraction of sp³-hybridized carbons (Fsp3) is 0.200. The van der Waals surface area contributed by atoms with Gasteiger partial charge >= 0.3 is 0 Å². The fourth-order valence-corrected chi connectivity index (χ4v) is 2.68. The molecule has 1 amide bonds. The molecular formula is C20H19N3O6. The Hall–Kier alpha value is -3.88. The van der Waals surface area contributed by atoms with E-state index in [2.05, 4.69) is 10.5 Å². The van der Waals surface area contributed by atoms with Gasteiger partial charge in [0.2, 0.25) is 0 Å². The van der Waals surface area contributed by atoms with Gasteiger partial charge in [-0.1, -0.05) is 17.3 Å². The maximum absolute atomic E-state index is 12.7. The van der Waals surface area contributed by atoms with Crippen molar-refractivity contribution >= 4 is 17.3 Å². The topological polar surface area (TPSA) is 117 Å². The zero-order valence-corrected chi connectivity index (χ0v) is 16.1. The molecule has 0 aliphatic heterocycles. The first-order valence-corrected chi connectivity index (χ1v) is 8.67. The van der Waals surface area contributed by atoms with E-state index in [0.717, 1.165) is 5.56 Å². The third-order valence-electron chi connectivity index (χ3n) is 4.22. The lowest BCUT2D eigenvalue weighted by atomic mass is 10.2. The van der Waals surface area contributed by atoms with Crippen LogP contribution >= 0.6 is 0 Å². The minimum absolute atomic E-state index is 0.000249. The number of hydrogen-bond acceptors (Lipinski definition) is 7. The predicted octanol–water partition coefficient (Wildman–Crippen LogP) is 4.04. The van der Waals surface area contributed by atoms with Crippen LogP contribution in [0.2, 0.25) is 0 Å². The lowest BCUT2D eigenvalue weighted by Crippen LogP contribution is -2.16. The summed E-state index contributed by atoms with van der Waals surface area (Å²) < 4.78 is 15.9. The molecule has 3 aromatic rings. The highest BCUT2D eigenvalue weighted by atomic mass is 16.6. The Morgan fingerprint density at radius 3 is 2.69 bits per heavy atom. The van der Waals surface area contributed by atoms with Crippen LogP contribution in [-0.4, -0.2) is 23.1 Å². The third-order valence-corrected chi connectivity index (χ3v) is 4.22. The smallest absolute Gasteiger partial charge is 0.296 e. The number of nitro benzene ring substituents is 1. The largest absolute Gasteiger partial charge is 0.496 e. The molecule has 3 rings (SSSR count). The van der Waals surface area contributed by atoms with Crippen LogP contribution in [0.4, 0.5) is 11.4 Å². The summed E-state index contributed by atoms with van der Waals surface area (Å²) in [5.74, 6) is 0.729. The second kappa shape index (κ2) is 8.42. The number of nitrogens with zero attached hydrogens (tertiary/aromatic N) is 2. The van der Waals surface area contributed by atoms with Crippen molar-refractivity contribution in [1.82, 2.24) is 5.16 Å². The lowest BCUT2D eigenvalue weighted by Gasteiger charge is -2.09. The van der Waals surface area contributed by atoms with Crippen molar-refractivity contribution in [3.05, 3.63) is 75.2 Å². The maximum atomic E-state index is 12.7. The van der Waals surface area contributed by atoms with E-state index in [9.17, 15) is 14.9 Å². The Kier molecular flexibility index (Phi) is 5.77. The number of amides is 1. The molecule has 0 unspecified atom stereocenters. The van der Waals surface area contributed by atoms with E-state index in [1.807, 2.05) is 25.1 Å². The second-order valence-electron chi connectivity index (χ2n) is 6.27. The summed E-state index contributed by atoms with van der Waals surface area (Å²) in [6.07, 6.45) is 0. The molecular weight excluding hydrogens is 378 g/mol. The van der Waals surface area contributed by atoms with Crippen LogP contribution in [0.5, 0.6) is 11.5 Å². The fourth-order valence-electron chi connectivity index (χ4n) is 2.68. The zero-order chi connectivity index (χ0) is 21.0. The molecule has 0 atom stereocenters. The number of hydrogen-bond donors (Lipinski definition) is 1. The standard InChI is InChI=1S/C20H19N3O6/c1-12-5-4-6-15(9-12)28-11-16-13(2)29-22-19(16)20(24)21-17-8-7-14(27-3)10-18(17)23(25)26/h4-10H,11H2,1-3H3,(H,21,24).